The number of carbonyl (C=O) groups excluding carboxylic acids is 2. The molecule has 4 rings (SSSR count). The molecule has 6 heteroatoms. The van der Waals surface area contributed by atoms with Crippen LogP contribution in [0.1, 0.15) is 69.9 Å². The van der Waals surface area contributed by atoms with E-state index in [9.17, 15) is 14.7 Å². The van der Waals surface area contributed by atoms with Crippen molar-refractivity contribution in [3.8, 4) is 0 Å². The molecular formula is C23H33N3O3. The Morgan fingerprint density at radius 2 is 1.72 bits per heavy atom. The molecule has 3 atom stereocenters. The molecule has 3 unspecified atom stereocenters. The molecule has 3 aliphatic rings. The first-order valence-corrected chi connectivity index (χ1v) is 11.1. The quantitative estimate of drug-likeness (QED) is 0.728. The van der Waals surface area contributed by atoms with Crippen LogP contribution in [-0.4, -0.2) is 46.2 Å². The van der Waals surface area contributed by atoms with Crippen LogP contribution < -0.4 is 10.6 Å². The van der Waals surface area contributed by atoms with Crippen molar-refractivity contribution >= 4 is 11.9 Å². The molecule has 2 aliphatic carbocycles. The molecule has 0 radical (unpaired) electrons. The van der Waals surface area contributed by atoms with E-state index in [1.165, 1.54) is 6.42 Å². The Morgan fingerprint density at radius 1 is 1.03 bits per heavy atom. The van der Waals surface area contributed by atoms with Crippen LogP contribution in [0, 0.1) is 5.92 Å². The smallest absolute Gasteiger partial charge is 0.318 e. The molecule has 158 valence electrons. The lowest BCUT2D eigenvalue weighted by molar-refractivity contribution is -0.128. The van der Waals surface area contributed by atoms with E-state index in [0.717, 1.165) is 44.1 Å². The molecular weight excluding hydrogens is 366 g/mol. The second-order valence-corrected chi connectivity index (χ2v) is 9.20. The van der Waals surface area contributed by atoms with Crippen molar-refractivity contribution in [3.63, 3.8) is 0 Å². The highest BCUT2D eigenvalue weighted by molar-refractivity contribution is 5.82. The maximum atomic E-state index is 13.3. The van der Waals surface area contributed by atoms with Gasteiger partial charge in [0.05, 0.1) is 17.7 Å². The Morgan fingerprint density at radius 3 is 2.38 bits per heavy atom. The first kappa shape index (κ1) is 20.2. The van der Waals surface area contributed by atoms with E-state index in [0.29, 0.717) is 13.0 Å². The highest BCUT2D eigenvalue weighted by atomic mass is 16.3. The van der Waals surface area contributed by atoms with E-state index in [4.69, 9.17) is 0 Å². The van der Waals surface area contributed by atoms with Gasteiger partial charge < -0.3 is 20.6 Å². The molecule has 1 aliphatic heterocycles. The summed E-state index contributed by atoms with van der Waals surface area (Å²) in [6.07, 6.45) is 7.84. The van der Waals surface area contributed by atoms with Gasteiger partial charge in [0.25, 0.3) is 0 Å². The Balaban J connectivity index is 1.60. The van der Waals surface area contributed by atoms with Crippen LogP contribution in [-0.2, 0) is 4.79 Å². The molecule has 3 fully saturated rings. The Hall–Kier alpha value is -2.08. The van der Waals surface area contributed by atoms with Gasteiger partial charge in [-0.25, -0.2) is 4.79 Å². The van der Waals surface area contributed by atoms with Gasteiger partial charge in [0.1, 0.15) is 0 Å². The summed E-state index contributed by atoms with van der Waals surface area (Å²) in [5.74, 6) is 0.0411. The van der Waals surface area contributed by atoms with E-state index in [1.54, 1.807) is 6.92 Å². The van der Waals surface area contributed by atoms with Crippen LogP contribution in [0.3, 0.4) is 0 Å². The van der Waals surface area contributed by atoms with E-state index >= 15 is 0 Å². The molecule has 1 aromatic rings. The zero-order valence-corrected chi connectivity index (χ0v) is 17.3. The topological polar surface area (TPSA) is 81.7 Å². The number of carbonyl (C=O) groups is 2. The van der Waals surface area contributed by atoms with Gasteiger partial charge in [0, 0.05) is 18.5 Å². The van der Waals surface area contributed by atoms with Crippen molar-refractivity contribution in [1.29, 1.82) is 0 Å². The lowest BCUT2D eigenvalue weighted by Gasteiger charge is -2.49. The van der Waals surface area contributed by atoms with Crippen LogP contribution in [0.2, 0.25) is 0 Å². The fraction of sp³-hybridized carbons (Fsp3) is 0.652. The van der Waals surface area contributed by atoms with Crippen LogP contribution in [0.25, 0.3) is 0 Å². The van der Waals surface area contributed by atoms with Crippen molar-refractivity contribution in [2.45, 2.75) is 82.0 Å². The molecule has 0 aromatic heterocycles. The first-order chi connectivity index (χ1) is 14.0. The second kappa shape index (κ2) is 8.34. The highest BCUT2D eigenvalue weighted by Crippen LogP contribution is 2.38. The monoisotopic (exact) mass is 399 g/mol. The summed E-state index contributed by atoms with van der Waals surface area (Å²) >= 11 is 0. The van der Waals surface area contributed by atoms with Gasteiger partial charge in [-0.2, -0.15) is 0 Å². The zero-order chi connectivity index (χ0) is 20.4. The van der Waals surface area contributed by atoms with Gasteiger partial charge in [0.15, 0.2) is 0 Å². The standard InChI is InChI=1S/C23H33N3O3/c1-23(29)14-15-26(22(28)24-18-10-6-3-7-11-18)19(16-8-4-2-5-9-16)20(23)25-21(27)17-12-13-17/h2,4-5,8-9,17-20,29H,3,6-7,10-15H2,1H3,(H,24,28)(H,25,27). The summed E-state index contributed by atoms with van der Waals surface area (Å²) in [4.78, 5) is 27.7. The number of nitrogens with zero attached hydrogens (tertiary/aromatic N) is 1. The van der Waals surface area contributed by atoms with Crippen molar-refractivity contribution in [2.75, 3.05) is 6.54 Å². The third-order valence-electron chi connectivity index (χ3n) is 6.76. The number of nitrogens with one attached hydrogen (secondary N) is 2. The summed E-state index contributed by atoms with van der Waals surface area (Å²) in [6.45, 7) is 2.23. The zero-order valence-electron chi connectivity index (χ0n) is 17.3. The Labute approximate surface area is 173 Å². The summed E-state index contributed by atoms with van der Waals surface area (Å²) in [6, 6.07) is 8.96. The van der Waals surface area contributed by atoms with Crippen molar-refractivity contribution in [2.24, 2.45) is 5.92 Å². The average Bonchev–Trinajstić information content (AvgIpc) is 3.56. The minimum absolute atomic E-state index is 0.00857. The number of piperidine rings is 1. The molecule has 0 bridgehead atoms. The average molecular weight is 400 g/mol. The Kier molecular flexibility index (Phi) is 5.81. The summed E-state index contributed by atoms with van der Waals surface area (Å²) in [5.41, 5.74) is -0.139. The second-order valence-electron chi connectivity index (χ2n) is 9.20. The van der Waals surface area contributed by atoms with Crippen LogP contribution in [0.5, 0.6) is 0 Å². The molecule has 3 amide bonds. The lowest BCUT2D eigenvalue weighted by Crippen LogP contribution is -2.65. The number of amides is 3. The van der Waals surface area contributed by atoms with Crippen LogP contribution >= 0.6 is 0 Å². The van der Waals surface area contributed by atoms with Crippen molar-refractivity contribution < 1.29 is 14.7 Å². The number of benzene rings is 1. The highest BCUT2D eigenvalue weighted by Gasteiger charge is 2.49. The van der Waals surface area contributed by atoms with E-state index in [-0.39, 0.29) is 23.9 Å². The SMILES string of the molecule is CC1(O)CCN(C(=O)NC2CCCCC2)C(c2ccccc2)C1NC(=O)C1CC1. The maximum absolute atomic E-state index is 13.3. The van der Waals surface area contributed by atoms with Gasteiger partial charge in [-0.3, -0.25) is 4.79 Å². The summed E-state index contributed by atoms with van der Waals surface area (Å²) in [7, 11) is 0. The number of hydrogen-bond acceptors (Lipinski definition) is 3. The molecule has 29 heavy (non-hydrogen) atoms. The van der Waals surface area contributed by atoms with Gasteiger partial charge >= 0.3 is 6.03 Å². The number of aliphatic hydroxyl groups is 1. The molecule has 2 saturated carbocycles. The van der Waals surface area contributed by atoms with E-state index < -0.39 is 17.7 Å². The first-order valence-electron chi connectivity index (χ1n) is 11.1. The summed E-state index contributed by atoms with van der Waals surface area (Å²) in [5, 5.41) is 17.5. The van der Waals surface area contributed by atoms with E-state index in [2.05, 4.69) is 10.6 Å². The van der Waals surface area contributed by atoms with Crippen molar-refractivity contribution in [1.82, 2.24) is 15.5 Å². The van der Waals surface area contributed by atoms with Crippen LogP contribution in [0.15, 0.2) is 30.3 Å². The minimum Gasteiger partial charge on any atom is -0.388 e. The molecule has 1 aromatic carbocycles. The largest absolute Gasteiger partial charge is 0.388 e. The van der Waals surface area contributed by atoms with Gasteiger partial charge in [0.2, 0.25) is 5.91 Å². The number of rotatable bonds is 4. The predicted octanol–water partition coefficient (Wildman–Crippen LogP) is 3.12. The maximum Gasteiger partial charge on any atom is 0.318 e. The molecule has 0 spiro atoms. The fourth-order valence-corrected chi connectivity index (χ4v) is 4.77. The number of likely N-dealkylation sites (tertiary alicyclic amines) is 1. The Bertz CT molecular complexity index is 726. The van der Waals surface area contributed by atoms with Crippen LogP contribution in [0.4, 0.5) is 4.79 Å². The van der Waals surface area contributed by atoms with Gasteiger partial charge in [-0.15, -0.1) is 0 Å². The molecule has 3 N–H and O–H groups in total. The van der Waals surface area contributed by atoms with E-state index in [1.807, 2.05) is 35.2 Å². The lowest BCUT2D eigenvalue weighted by atomic mass is 9.79. The predicted molar refractivity (Wildman–Crippen MR) is 111 cm³/mol. The molecule has 1 heterocycles. The van der Waals surface area contributed by atoms with Gasteiger partial charge in [-0.05, 0) is 44.6 Å². The summed E-state index contributed by atoms with van der Waals surface area (Å²) < 4.78 is 0. The van der Waals surface area contributed by atoms with Crippen molar-refractivity contribution in [3.05, 3.63) is 35.9 Å². The third kappa shape index (κ3) is 4.58. The number of urea groups is 1. The minimum atomic E-state index is -1.08. The third-order valence-corrected chi connectivity index (χ3v) is 6.76. The molecule has 1 saturated heterocycles. The van der Waals surface area contributed by atoms with Gasteiger partial charge in [-0.1, -0.05) is 49.6 Å². The molecule has 6 nitrogen and oxygen atoms in total. The number of hydrogen-bond donors (Lipinski definition) is 3. The fourth-order valence-electron chi connectivity index (χ4n) is 4.77. The normalized spacial score (nSPS) is 30.6.